The minimum atomic E-state index is -1.02. The maximum atomic E-state index is 12.7. The molecular formula is C21H20N2O9. The SMILES string of the molecule is COc1ccc(COC(=O)[C@@H]2C[C@H](OC=O)CN2C(=O)Oc2ccc([N+](=O)[O-])cc2)cc1. The lowest BCUT2D eigenvalue weighted by Gasteiger charge is -2.22. The van der Waals surface area contributed by atoms with Crippen molar-refractivity contribution in [2.45, 2.75) is 25.2 Å². The van der Waals surface area contributed by atoms with E-state index in [4.69, 9.17) is 18.9 Å². The summed E-state index contributed by atoms with van der Waals surface area (Å²) in [6.07, 6.45) is -1.52. The Morgan fingerprint density at radius 3 is 2.38 bits per heavy atom. The van der Waals surface area contributed by atoms with E-state index in [0.717, 1.165) is 10.5 Å². The fourth-order valence-corrected chi connectivity index (χ4v) is 3.17. The molecule has 2 aromatic rings. The van der Waals surface area contributed by atoms with E-state index in [-0.39, 0.29) is 37.5 Å². The molecule has 0 spiro atoms. The minimum Gasteiger partial charge on any atom is -0.497 e. The van der Waals surface area contributed by atoms with Gasteiger partial charge >= 0.3 is 12.1 Å². The lowest BCUT2D eigenvalue weighted by atomic mass is 10.2. The van der Waals surface area contributed by atoms with Crippen LogP contribution < -0.4 is 9.47 Å². The highest BCUT2D eigenvalue weighted by atomic mass is 16.6. The molecule has 1 aliphatic rings. The summed E-state index contributed by atoms with van der Waals surface area (Å²) in [6, 6.07) is 10.8. The Kier molecular flexibility index (Phi) is 7.21. The smallest absolute Gasteiger partial charge is 0.416 e. The standard InChI is InChI=1S/C21H20N2O9/c1-29-16-6-2-14(3-7-16)12-30-20(25)19-10-18(31-13-24)11-22(19)21(26)32-17-8-4-15(5-9-17)23(27)28/h2-9,13,18-19H,10-12H2,1H3/t18-,19-/m0/s1. The average Bonchev–Trinajstić information content (AvgIpc) is 3.22. The first-order chi connectivity index (χ1) is 15.4. The summed E-state index contributed by atoms with van der Waals surface area (Å²) in [5.74, 6) is 0.0362. The van der Waals surface area contributed by atoms with E-state index in [2.05, 4.69) is 0 Å². The molecule has 0 aromatic heterocycles. The molecule has 0 aliphatic carbocycles. The number of esters is 1. The van der Waals surface area contributed by atoms with Crippen LogP contribution in [-0.4, -0.2) is 54.2 Å². The van der Waals surface area contributed by atoms with Crippen LogP contribution in [0, 0.1) is 10.1 Å². The monoisotopic (exact) mass is 444 g/mol. The molecule has 3 rings (SSSR count). The fraction of sp³-hybridized carbons (Fsp3) is 0.286. The van der Waals surface area contributed by atoms with Crippen LogP contribution >= 0.6 is 0 Å². The zero-order valence-electron chi connectivity index (χ0n) is 17.0. The van der Waals surface area contributed by atoms with Gasteiger partial charge in [0.05, 0.1) is 18.6 Å². The molecule has 168 valence electrons. The number of methoxy groups -OCH3 is 1. The number of ether oxygens (including phenoxy) is 4. The van der Waals surface area contributed by atoms with Crippen LogP contribution in [0.15, 0.2) is 48.5 Å². The molecule has 32 heavy (non-hydrogen) atoms. The van der Waals surface area contributed by atoms with Crippen LogP contribution in [0.2, 0.25) is 0 Å². The van der Waals surface area contributed by atoms with E-state index >= 15 is 0 Å². The van der Waals surface area contributed by atoms with Crippen molar-refractivity contribution in [1.82, 2.24) is 4.90 Å². The summed E-state index contributed by atoms with van der Waals surface area (Å²) in [5, 5.41) is 10.7. The molecule has 1 heterocycles. The van der Waals surface area contributed by atoms with Gasteiger partial charge in [0, 0.05) is 18.6 Å². The zero-order chi connectivity index (χ0) is 23.1. The minimum absolute atomic E-state index is 0.0240. The second-order valence-electron chi connectivity index (χ2n) is 6.83. The second-order valence-corrected chi connectivity index (χ2v) is 6.83. The molecule has 1 amide bonds. The average molecular weight is 444 g/mol. The normalized spacial score (nSPS) is 17.3. The van der Waals surface area contributed by atoms with E-state index in [0.29, 0.717) is 5.75 Å². The Hall–Kier alpha value is -4.15. The van der Waals surface area contributed by atoms with Crippen molar-refractivity contribution in [2.24, 2.45) is 0 Å². The van der Waals surface area contributed by atoms with E-state index in [1.807, 2.05) is 0 Å². The van der Waals surface area contributed by atoms with Crippen LogP contribution in [0.5, 0.6) is 11.5 Å². The Labute approximate surface area is 182 Å². The molecule has 0 bridgehead atoms. The molecule has 0 N–H and O–H groups in total. The van der Waals surface area contributed by atoms with Gasteiger partial charge in [0.1, 0.15) is 30.3 Å². The highest BCUT2D eigenvalue weighted by Crippen LogP contribution is 2.25. The molecule has 2 atom stereocenters. The van der Waals surface area contributed by atoms with Crippen LogP contribution in [0.1, 0.15) is 12.0 Å². The third kappa shape index (κ3) is 5.50. The van der Waals surface area contributed by atoms with Gasteiger partial charge in [0.25, 0.3) is 12.2 Å². The number of nitrogens with zero attached hydrogens (tertiary/aromatic N) is 2. The van der Waals surface area contributed by atoms with Crippen LogP contribution in [-0.2, 0) is 25.7 Å². The van der Waals surface area contributed by atoms with Gasteiger partial charge in [-0.1, -0.05) is 12.1 Å². The Bertz CT molecular complexity index is 976. The van der Waals surface area contributed by atoms with E-state index < -0.39 is 29.1 Å². The molecule has 11 nitrogen and oxygen atoms in total. The number of likely N-dealkylation sites (tertiary alicyclic amines) is 1. The van der Waals surface area contributed by atoms with Crippen LogP contribution in [0.4, 0.5) is 10.5 Å². The van der Waals surface area contributed by atoms with Crippen molar-refractivity contribution >= 4 is 24.2 Å². The van der Waals surface area contributed by atoms with Gasteiger partial charge < -0.3 is 18.9 Å². The largest absolute Gasteiger partial charge is 0.497 e. The molecule has 0 saturated carbocycles. The van der Waals surface area contributed by atoms with Gasteiger partial charge in [-0.15, -0.1) is 0 Å². The third-order valence-electron chi connectivity index (χ3n) is 4.81. The number of amides is 1. The molecule has 1 saturated heterocycles. The summed E-state index contributed by atoms with van der Waals surface area (Å²) in [7, 11) is 1.54. The summed E-state index contributed by atoms with van der Waals surface area (Å²) < 4.78 is 20.6. The van der Waals surface area contributed by atoms with Gasteiger partial charge in [-0.05, 0) is 29.8 Å². The Morgan fingerprint density at radius 1 is 1.12 bits per heavy atom. The molecule has 2 aromatic carbocycles. The van der Waals surface area contributed by atoms with E-state index in [1.54, 1.807) is 24.3 Å². The molecule has 11 heteroatoms. The molecule has 0 radical (unpaired) electrons. The topological polar surface area (TPSA) is 135 Å². The fourth-order valence-electron chi connectivity index (χ4n) is 3.17. The summed E-state index contributed by atoms with van der Waals surface area (Å²) >= 11 is 0. The quantitative estimate of drug-likeness (QED) is 0.260. The summed E-state index contributed by atoms with van der Waals surface area (Å²) in [4.78, 5) is 47.3. The number of rotatable bonds is 8. The lowest BCUT2D eigenvalue weighted by molar-refractivity contribution is -0.384. The lowest BCUT2D eigenvalue weighted by Crippen LogP contribution is -2.43. The predicted molar refractivity (Wildman–Crippen MR) is 108 cm³/mol. The highest BCUT2D eigenvalue weighted by molar-refractivity contribution is 5.83. The molecular weight excluding hydrogens is 424 g/mol. The second kappa shape index (κ2) is 10.2. The van der Waals surface area contributed by atoms with Crippen molar-refractivity contribution < 1.29 is 38.3 Å². The predicted octanol–water partition coefficient (Wildman–Crippen LogP) is 2.46. The first kappa shape index (κ1) is 22.5. The highest BCUT2D eigenvalue weighted by Gasteiger charge is 2.42. The summed E-state index contributed by atoms with van der Waals surface area (Å²) in [6.45, 7) is 0.159. The maximum absolute atomic E-state index is 12.7. The van der Waals surface area contributed by atoms with Gasteiger partial charge in [0.2, 0.25) is 0 Å². The number of carbonyl (C=O) groups is 3. The summed E-state index contributed by atoms with van der Waals surface area (Å²) in [5.41, 5.74) is 0.559. The van der Waals surface area contributed by atoms with Gasteiger partial charge in [-0.2, -0.15) is 0 Å². The first-order valence-electron chi connectivity index (χ1n) is 9.53. The van der Waals surface area contributed by atoms with Crippen LogP contribution in [0.3, 0.4) is 0 Å². The molecule has 1 aliphatic heterocycles. The number of nitro groups is 1. The van der Waals surface area contributed by atoms with Crippen LogP contribution in [0.25, 0.3) is 0 Å². The van der Waals surface area contributed by atoms with E-state index in [9.17, 15) is 24.5 Å². The number of non-ortho nitro benzene ring substituents is 1. The number of hydrogen-bond donors (Lipinski definition) is 0. The first-order valence-corrected chi connectivity index (χ1v) is 9.53. The Balaban J connectivity index is 1.66. The van der Waals surface area contributed by atoms with Crippen molar-refractivity contribution in [2.75, 3.05) is 13.7 Å². The van der Waals surface area contributed by atoms with Crippen molar-refractivity contribution in [3.05, 3.63) is 64.2 Å². The van der Waals surface area contributed by atoms with Gasteiger partial charge in [-0.3, -0.25) is 19.8 Å². The number of nitro benzene ring substituents is 1. The van der Waals surface area contributed by atoms with E-state index in [1.165, 1.54) is 31.4 Å². The number of carbonyl (C=O) groups excluding carboxylic acids is 3. The van der Waals surface area contributed by atoms with Crippen molar-refractivity contribution in [1.29, 1.82) is 0 Å². The zero-order valence-corrected chi connectivity index (χ0v) is 17.0. The van der Waals surface area contributed by atoms with Gasteiger partial charge in [0.15, 0.2) is 0 Å². The van der Waals surface area contributed by atoms with Crippen molar-refractivity contribution in [3.8, 4) is 11.5 Å². The van der Waals surface area contributed by atoms with Gasteiger partial charge in [-0.25, -0.2) is 9.59 Å². The molecule has 0 unspecified atom stereocenters. The maximum Gasteiger partial charge on any atom is 0.416 e. The molecule has 1 fully saturated rings. The number of benzene rings is 2. The Morgan fingerprint density at radius 2 is 1.78 bits per heavy atom. The number of hydrogen-bond acceptors (Lipinski definition) is 9. The third-order valence-corrected chi connectivity index (χ3v) is 4.81. The van der Waals surface area contributed by atoms with Crippen molar-refractivity contribution in [3.63, 3.8) is 0 Å².